The Kier molecular flexibility index (Phi) is 5.79. The van der Waals surface area contributed by atoms with Crippen molar-refractivity contribution in [2.45, 2.75) is 32.0 Å². The summed E-state index contributed by atoms with van der Waals surface area (Å²) in [5.74, 6) is 1.04. The molecule has 5 rings (SSSR count). The van der Waals surface area contributed by atoms with E-state index in [2.05, 4.69) is 15.0 Å². The maximum atomic E-state index is 10.4. The zero-order valence-electron chi connectivity index (χ0n) is 20.0. The highest BCUT2D eigenvalue weighted by Gasteiger charge is 2.39. The van der Waals surface area contributed by atoms with Crippen molar-refractivity contribution in [2.24, 2.45) is 0 Å². The Morgan fingerprint density at radius 1 is 1.14 bits per heavy atom. The first-order chi connectivity index (χ1) is 17.0. The van der Waals surface area contributed by atoms with Crippen LogP contribution >= 0.6 is 11.6 Å². The Balaban J connectivity index is 1.75. The van der Waals surface area contributed by atoms with Gasteiger partial charge in [0.2, 0.25) is 0 Å². The first kappa shape index (κ1) is 23.9. The number of anilines is 1. The second kappa shape index (κ2) is 8.71. The number of hydrogen-bond acceptors (Lipinski definition) is 9. The number of fused-ring (bicyclic) bond motifs is 1. The molecule has 1 aliphatic rings. The van der Waals surface area contributed by atoms with Gasteiger partial charge in [0, 0.05) is 35.6 Å². The van der Waals surface area contributed by atoms with Crippen LogP contribution in [0.15, 0.2) is 42.6 Å². The van der Waals surface area contributed by atoms with Crippen molar-refractivity contribution in [3.05, 3.63) is 53.3 Å². The molecule has 2 N–H and O–H groups in total. The van der Waals surface area contributed by atoms with E-state index in [1.165, 1.54) is 0 Å². The van der Waals surface area contributed by atoms with E-state index in [-0.39, 0.29) is 12.6 Å². The van der Waals surface area contributed by atoms with Crippen molar-refractivity contribution in [2.75, 3.05) is 24.6 Å². The fourth-order valence-electron chi connectivity index (χ4n) is 4.00. The quantitative estimate of drug-likeness (QED) is 0.405. The van der Waals surface area contributed by atoms with E-state index in [0.717, 1.165) is 5.69 Å². The summed E-state index contributed by atoms with van der Waals surface area (Å²) in [6.45, 7) is 5.74. The van der Waals surface area contributed by atoms with Gasteiger partial charge >= 0.3 is 6.01 Å². The zero-order valence-corrected chi connectivity index (χ0v) is 20.7. The van der Waals surface area contributed by atoms with Gasteiger partial charge in [0.1, 0.15) is 24.2 Å². The average Bonchev–Trinajstić information content (AvgIpc) is 3.20. The number of halogens is 1. The minimum atomic E-state index is -1.09. The molecule has 0 saturated carbocycles. The van der Waals surface area contributed by atoms with E-state index in [1.54, 1.807) is 51.2 Å². The maximum absolute atomic E-state index is 10.4. The van der Waals surface area contributed by atoms with E-state index < -0.39 is 11.2 Å². The van der Waals surface area contributed by atoms with Gasteiger partial charge in [-0.3, -0.25) is 4.57 Å². The molecule has 36 heavy (non-hydrogen) atoms. The molecule has 184 valence electrons. The van der Waals surface area contributed by atoms with Gasteiger partial charge in [-0.25, -0.2) is 9.97 Å². The molecule has 1 fully saturated rings. The normalized spacial score (nSPS) is 15.0. The third-order valence-corrected chi connectivity index (χ3v) is 5.86. The number of aliphatic hydroxyl groups is 2. The minimum absolute atomic E-state index is 0.0167. The Bertz CT molecular complexity index is 1460. The van der Waals surface area contributed by atoms with E-state index in [0.29, 0.717) is 52.2 Å². The third-order valence-electron chi connectivity index (χ3n) is 5.61. The fourth-order valence-corrected chi connectivity index (χ4v) is 4.12. The molecule has 1 aromatic carbocycles. The Morgan fingerprint density at radius 2 is 1.86 bits per heavy atom. The van der Waals surface area contributed by atoms with Crippen LogP contribution < -0.4 is 9.64 Å². The maximum Gasteiger partial charge on any atom is 0.320 e. The Hall–Kier alpha value is -3.78. The van der Waals surface area contributed by atoms with Crippen molar-refractivity contribution >= 4 is 28.6 Å². The lowest BCUT2D eigenvalue weighted by atomic mass is 9.97. The monoisotopic (exact) mass is 505 g/mol. The lowest BCUT2D eigenvalue weighted by Gasteiger charge is -2.44. The van der Waals surface area contributed by atoms with Gasteiger partial charge in [-0.1, -0.05) is 11.6 Å². The van der Waals surface area contributed by atoms with Gasteiger partial charge in [-0.2, -0.15) is 15.2 Å². The van der Waals surface area contributed by atoms with Crippen LogP contribution in [0.4, 0.5) is 5.82 Å². The molecule has 3 aromatic heterocycles. The standard InChI is InChI=1S/C25H24ClN7O3/c1-24(2,34)14-36-23-30-21(32-12-25(3,35)13-32)19-22(31-23)33(18-8-5-16(26)6-9-18)20(29-19)15-4-7-17(10-27)28-11-15/h4-9,11,34-35H,12-14H2,1-3H3. The smallest absolute Gasteiger partial charge is 0.320 e. The van der Waals surface area contributed by atoms with Crippen LogP contribution in [0.1, 0.15) is 26.5 Å². The summed E-state index contributed by atoms with van der Waals surface area (Å²) in [4.78, 5) is 20.2. The summed E-state index contributed by atoms with van der Waals surface area (Å²) < 4.78 is 7.62. The number of pyridine rings is 1. The number of nitriles is 1. The predicted molar refractivity (Wildman–Crippen MR) is 134 cm³/mol. The largest absolute Gasteiger partial charge is 0.460 e. The Labute approximate surface area is 212 Å². The molecule has 4 aromatic rings. The number of ether oxygens (including phenoxy) is 1. The van der Waals surface area contributed by atoms with Crippen LogP contribution in [0.5, 0.6) is 6.01 Å². The predicted octanol–water partition coefficient (Wildman–Crippen LogP) is 3.12. The zero-order chi connectivity index (χ0) is 25.7. The fraction of sp³-hybridized carbons (Fsp3) is 0.320. The lowest BCUT2D eigenvalue weighted by Crippen LogP contribution is -2.60. The van der Waals surface area contributed by atoms with Gasteiger partial charge in [0.25, 0.3) is 0 Å². The number of aromatic nitrogens is 5. The summed E-state index contributed by atoms with van der Waals surface area (Å²) >= 11 is 6.15. The van der Waals surface area contributed by atoms with Crippen molar-refractivity contribution in [1.29, 1.82) is 5.26 Å². The second-order valence-electron chi connectivity index (χ2n) is 9.75. The molecular formula is C25H24ClN7O3. The highest BCUT2D eigenvalue weighted by atomic mass is 35.5. The van der Waals surface area contributed by atoms with Crippen molar-refractivity contribution in [1.82, 2.24) is 24.5 Å². The van der Waals surface area contributed by atoms with Crippen molar-refractivity contribution < 1.29 is 14.9 Å². The van der Waals surface area contributed by atoms with Crippen LogP contribution in [0, 0.1) is 11.3 Å². The number of nitrogens with zero attached hydrogens (tertiary/aromatic N) is 7. The summed E-state index contributed by atoms with van der Waals surface area (Å²) in [7, 11) is 0. The number of hydrogen-bond donors (Lipinski definition) is 2. The SMILES string of the molecule is CC(C)(O)COc1nc(N2CC(C)(O)C2)c2nc(-c3ccc(C#N)nc3)n(-c3ccc(Cl)cc3)c2n1. The second-order valence-corrected chi connectivity index (χ2v) is 10.2. The van der Waals surface area contributed by atoms with E-state index in [1.807, 2.05) is 27.7 Å². The molecular weight excluding hydrogens is 482 g/mol. The van der Waals surface area contributed by atoms with Crippen molar-refractivity contribution in [3.8, 4) is 29.2 Å². The van der Waals surface area contributed by atoms with Gasteiger partial charge in [0.15, 0.2) is 17.0 Å². The van der Waals surface area contributed by atoms with Crippen LogP contribution in [-0.2, 0) is 0 Å². The molecule has 1 aliphatic heterocycles. The third kappa shape index (κ3) is 4.68. The molecule has 1 saturated heterocycles. The highest BCUT2D eigenvalue weighted by molar-refractivity contribution is 6.30. The van der Waals surface area contributed by atoms with Crippen LogP contribution in [0.2, 0.25) is 5.02 Å². The summed E-state index contributed by atoms with van der Waals surface area (Å²) in [5, 5.41) is 30.3. The van der Waals surface area contributed by atoms with Gasteiger partial charge in [-0.15, -0.1) is 0 Å². The van der Waals surface area contributed by atoms with Crippen LogP contribution in [0.3, 0.4) is 0 Å². The molecule has 0 bridgehead atoms. The van der Waals surface area contributed by atoms with Gasteiger partial charge in [-0.05, 0) is 57.2 Å². The molecule has 11 heteroatoms. The first-order valence-corrected chi connectivity index (χ1v) is 11.7. The molecule has 4 heterocycles. The molecule has 0 spiro atoms. The Morgan fingerprint density at radius 3 is 2.44 bits per heavy atom. The molecule has 0 unspecified atom stereocenters. The number of rotatable bonds is 6. The molecule has 0 atom stereocenters. The number of imidazole rings is 1. The van der Waals surface area contributed by atoms with E-state index in [9.17, 15) is 10.2 Å². The van der Waals surface area contributed by atoms with E-state index in [4.69, 9.17) is 26.6 Å². The molecule has 0 aliphatic carbocycles. The van der Waals surface area contributed by atoms with Crippen molar-refractivity contribution in [3.63, 3.8) is 0 Å². The van der Waals surface area contributed by atoms with Gasteiger partial charge < -0.3 is 19.8 Å². The lowest BCUT2D eigenvalue weighted by molar-refractivity contribution is 0.0245. The molecule has 10 nitrogen and oxygen atoms in total. The van der Waals surface area contributed by atoms with Crippen LogP contribution in [0.25, 0.3) is 28.2 Å². The molecule has 0 amide bonds. The summed E-state index contributed by atoms with van der Waals surface area (Å²) in [5.41, 5.74) is 0.754. The minimum Gasteiger partial charge on any atom is -0.460 e. The number of β-amino-alcohol motifs (C(OH)–C–C–N with tert-alkyl or cyclic N) is 1. The first-order valence-electron chi connectivity index (χ1n) is 11.3. The van der Waals surface area contributed by atoms with Crippen LogP contribution in [-0.4, -0.2) is 65.6 Å². The highest BCUT2D eigenvalue weighted by Crippen LogP contribution is 2.36. The summed E-state index contributed by atoms with van der Waals surface area (Å²) in [6, 6.07) is 12.7. The number of benzene rings is 1. The molecule has 0 radical (unpaired) electrons. The summed E-state index contributed by atoms with van der Waals surface area (Å²) in [6.07, 6.45) is 1.58. The topological polar surface area (TPSA) is 133 Å². The average molecular weight is 506 g/mol. The van der Waals surface area contributed by atoms with Gasteiger partial charge in [0.05, 0.1) is 11.2 Å². The van der Waals surface area contributed by atoms with E-state index >= 15 is 0 Å².